The van der Waals surface area contributed by atoms with E-state index in [-0.39, 0.29) is 18.2 Å². The van der Waals surface area contributed by atoms with Crippen LogP contribution in [-0.2, 0) is 16.5 Å². The van der Waals surface area contributed by atoms with Crippen molar-refractivity contribution in [2.75, 3.05) is 26.2 Å². The molecule has 1 aliphatic carbocycles. The molecule has 3 heterocycles. The smallest absolute Gasteiger partial charge is 0.410 e. The van der Waals surface area contributed by atoms with E-state index in [1.165, 1.54) is 0 Å². The predicted octanol–water partition coefficient (Wildman–Crippen LogP) is 5.84. The Labute approximate surface area is 257 Å². The van der Waals surface area contributed by atoms with Gasteiger partial charge in [0, 0.05) is 44.4 Å². The lowest BCUT2D eigenvalue weighted by Gasteiger charge is -2.40. The molecule has 1 aromatic carbocycles. The number of carbonyl (C=O) groups is 2. The first kappa shape index (κ1) is 30.6. The van der Waals surface area contributed by atoms with Gasteiger partial charge in [0.1, 0.15) is 5.60 Å². The Morgan fingerprint density at radius 3 is 2.51 bits per heavy atom. The summed E-state index contributed by atoms with van der Waals surface area (Å²) in [5.41, 5.74) is 4.78. The van der Waals surface area contributed by atoms with Crippen molar-refractivity contribution in [2.24, 2.45) is 7.05 Å². The van der Waals surface area contributed by atoms with E-state index in [1.54, 1.807) is 23.6 Å². The number of nitrogens with zero attached hydrogens (tertiary/aromatic N) is 5. The van der Waals surface area contributed by atoms with Crippen LogP contribution in [0.5, 0.6) is 0 Å². The van der Waals surface area contributed by atoms with Gasteiger partial charge >= 0.3 is 12.2 Å². The van der Waals surface area contributed by atoms with Crippen LogP contribution in [0.25, 0.3) is 11.6 Å². The van der Waals surface area contributed by atoms with E-state index >= 15 is 0 Å². The fourth-order valence-electron chi connectivity index (χ4n) is 5.61. The summed E-state index contributed by atoms with van der Waals surface area (Å²) in [6.45, 7) is 11.5. The Morgan fingerprint density at radius 1 is 1.12 bits per heavy atom. The fourth-order valence-corrected chi connectivity index (χ4v) is 5.78. The molecule has 0 radical (unpaired) electrons. The largest absolute Gasteiger partial charge is 0.447 e. The number of rotatable bonds is 5. The maximum Gasteiger partial charge on any atom is 0.410 e. The summed E-state index contributed by atoms with van der Waals surface area (Å²) in [5.74, 6) is 0. The molecule has 0 bridgehead atoms. The van der Waals surface area contributed by atoms with E-state index in [2.05, 4.69) is 21.3 Å². The van der Waals surface area contributed by atoms with E-state index in [9.17, 15) is 9.59 Å². The van der Waals surface area contributed by atoms with Crippen LogP contribution in [-0.4, -0.2) is 74.4 Å². The number of aromatic nitrogens is 3. The number of hydrogen-bond acceptors (Lipinski definition) is 7. The van der Waals surface area contributed by atoms with Crippen LogP contribution in [0.15, 0.2) is 49.1 Å². The third-order valence-electron chi connectivity index (χ3n) is 7.46. The Morgan fingerprint density at radius 2 is 1.86 bits per heavy atom. The molecule has 1 unspecified atom stereocenters. The van der Waals surface area contributed by atoms with E-state index in [0.29, 0.717) is 31.2 Å². The standard InChI is InChI=1S/C32H39ClN6O4/c1-20(2)42-30(40)36-28(26-18-34-19-37(26)6)25-16-21-8-7-11-35-27(21)29(23-10-9-22(33)17-24(23)25)38-12-14-39(15-13-38)31(41)43-32(3,4)5/h7-11,16-20,28-29H,12-15H2,1-6H3,(H,36,40)/t28?,29-/m0/s1. The number of aryl methyl sites for hydroxylation is 1. The van der Waals surface area contributed by atoms with Crippen LogP contribution in [0.3, 0.4) is 0 Å². The summed E-state index contributed by atoms with van der Waals surface area (Å²) >= 11 is 6.64. The van der Waals surface area contributed by atoms with Gasteiger partial charge in [-0.05, 0) is 81.2 Å². The molecule has 2 aromatic heterocycles. The summed E-state index contributed by atoms with van der Waals surface area (Å²) in [6.07, 6.45) is 6.20. The SMILES string of the molecule is CC(C)OC(=O)NC(C1=Cc2cccnc2[C@@H](N2CCN(C(=O)OC(C)(C)C)CC2)c2ccc(Cl)cc21)c1cncn1C. The zero-order valence-electron chi connectivity index (χ0n) is 25.5. The first-order chi connectivity index (χ1) is 20.4. The second kappa shape index (κ2) is 12.4. The van der Waals surface area contributed by atoms with Crippen LogP contribution in [0.1, 0.15) is 74.8 Å². The Balaban J connectivity index is 1.57. The number of alkyl carbamates (subject to hydrolysis) is 1. The lowest BCUT2D eigenvalue weighted by Crippen LogP contribution is -2.51. The molecule has 0 saturated carbocycles. The number of imidazole rings is 1. The lowest BCUT2D eigenvalue weighted by molar-refractivity contribution is 0.0118. The monoisotopic (exact) mass is 606 g/mol. The summed E-state index contributed by atoms with van der Waals surface area (Å²) < 4.78 is 13.0. The van der Waals surface area contributed by atoms with Crippen molar-refractivity contribution in [1.29, 1.82) is 0 Å². The minimum atomic E-state index is -0.591. The zero-order chi connectivity index (χ0) is 30.9. The van der Waals surface area contributed by atoms with Gasteiger partial charge in [-0.15, -0.1) is 0 Å². The minimum Gasteiger partial charge on any atom is -0.447 e. The van der Waals surface area contributed by atoms with Gasteiger partial charge in [-0.1, -0.05) is 23.7 Å². The average Bonchev–Trinajstić information content (AvgIpc) is 3.30. The average molecular weight is 607 g/mol. The maximum atomic E-state index is 13.0. The summed E-state index contributed by atoms with van der Waals surface area (Å²) in [7, 11) is 1.89. The Hall–Kier alpha value is -3.89. The molecular formula is C32H39ClN6O4. The number of amides is 2. The van der Waals surface area contributed by atoms with Crippen molar-refractivity contribution in [1.82, 2.24) is 29.7 Å². The molecule has 2 amide bonds. The van der Waals surface area contributed by atoms with Gasteiger partial charge in [0.05, 0.1) is 42.1 Å². The van der Waals surface area contributed by atoms with E-state index < -0.39 is 17.7 Å². The highest BCUT2D eigenvalue weighted by molar-refractivity contribution is 6.30. The first-order valence-corrected chi connectivity index (χ1v) is 14.9. The molecule has 2 atom stereocenters. The molecule has 228 valence electrons. The number of piperazine rings is 1. The second-order valence-corrected chi connectivity index (χ2v) is 12.6. The highest BCUT2D eigenvalue weighted by Crippen LogP contribution is 2.44. The second-order valence-electron chi connectivity index (χ2n) is 12.2. The molecule has 43 heavy (non-hydrogen) atoms. The predicted molar refractivity (Wildman–Crippen MR) is 165 cm³/mol. The molecule has 1 fully saturated rings. The molecule has 11 heteroatoms. The van der Waals surface area contributed by atoms with E-state index in [4.69, 9.17) is 26.1 Å². The molecular weight excluding hydrogens is 568 g/mol. The number of carbonyl (C=O) groups excluding carboxylic acids is 2. The number of hydrogen-bond donors (Lipinski definition) is 1. The molecule has 1 saturated heterocycles. The van der Waals surface area contributed by atoms with Crippen LogP contribution < -0.4 is 5.32 Å². The molecule has 5 rings (SSSR count). The number of benzene rings is 1. The first-order valence-electron chi connectivity index (χ1n) is 14.5. The molecule has 3 aromatic rings. The zero-order valence-corrected chi connectivity index (χ0v) is 26.3. The number of fused-ring (bicyclic) bond motifs is 2. The van der Waals surface area contributed by atoms with Crippen LogP contribution in [0, 0.1) is 0 Å². The number of pyridine rings is 1. The summed E-state index contributed by atoms with van der Waals surface area (Å²) in [6, 6.07) is 9.00. The van der Waals surface area contributed by atoms with Crippen molar-refractivity contribution < 1.29 is 19.1 Å². The maximum absolute atomic E-state index is 13.0. The number of ether oxygens (including phenoxy) is 2. The van der Waals surface area contributed by atoms with Gasteiger partial charge in [-0.25, -0.2) is 14.6 Å². The normalized spacial score (nSPS) is 17.8. The van der Waals surface area contributed by atoms with Crippen LogP contribution in [0.2, 0.25) is 5.02 Å². The van der Waals surface area contributed by atoms with Gasteiger partial charge < -0.3 is 24.3 Å². The van der Waals surface area contributed by atoms with Crippen molar-refractivity contribution in [3.8, 4) is 0 Å². The van der Waals surface area contributed by atoms with E-state index in [0.717, 1.165) is 33.7 Å². The fraction of sp³-hybridized carbons (Fsp3) is 0.438. The molecule has 1 aliphatic heterocycles. The van der Waals surface area contributed by atoms with E-state index in [1.807, 2.05) is 76.6 Å². The highest BCUT2D eigenvalue weighted by Gasteiger charge is 2.36. The molecule has 1 N–H and O–H groups in total. The molecule has 0 spiro atoms. The lowest BCUT2D eigenvalue weighted by atomic mass is 9.90. The third-order valence-corrected chi connectivity index (χ3v) is 7.69. The van der Waals surface area contributed by atoms with Crippen molar-refractivity contribution >= 4 is 35.4 Å². The topological polar surface area (TPSA) is 102 Å². The van der Waals surface area contributed by atoms with Gasteiger partial charge in [0.25, 0.3) is 0 Å². The molecule has 10 nitrogen and oxygen atoms in total. The number of nitrogens with one attached hydrogen (secondary N) is 1. The van der Waals surface area contributed by atoms with Gasteiger partial charge in [-0.3, -0.25) is 9.88 Å². The minimum absolute atomic E-state index is 0.215. The van der Waals surface area contributed by atoms with Crippen molar-refractivity contribution in [3.63, 3.8) is 0 Å². The Bertz CT molecular complexity index is 1520. The van der Waals surface area contributed by atoms with Crippen molar-refractivity contribution in [2.45, 2.75) is 58.4 Å². The van der Waals surface area contributed by atoms with Gasteiger partial charge in [-0.2, -0.15) is 0 Å². The van der Waals surface area contributed by atoms with Gasteiger partial charge in [0.15, 0.2) is 0 Å². The summed E-state index contributed by atoms with van der Waals surface area (Å²) in [4.78, 5) is 39.1. The Kier molecular flexibility index (Phi) is 8.80. The van der Waals surface area contributed by atoms with Crippen LogP contribution in [0.4, 0.5) is 9.59 Å². The number of halogens is 1. The summed E-state index contributed by atoms with van der Waals surface area (Å²) in [5, 5.41) is 3.66. The van der Waals surface area contributed by atoms with Crippen LogP contribution >= 0.6 is 11.6 Å². The van der Waals surface area contributed by atoms with Crippen molar-refractivity contribution in [3.05, 3.63) is 82.2 Å². The third kappa shape index (κ3) is 6.86. The molecule has 2 aliphatic rings. The quantitative estimate of drug-likeness (QED) is 0.389. The van der Waals surface area contributed by atoms with Gasteiger partial charge in [0.2, 0.25) is 0 Å². The highest BCUT2D eigenvalue weighted by atomic mass is 35.5.